The van der Waals surface area contributed by atoms with Gasteiger partial charge in [-0.05, 0) is 132 Å². The van der Waals surface area contributed by atoms with Crippen LogP contribution in [0.3, 0.4) is 0 Å². The Morgan fingerprint density at radius 1 is 0.896 bits per heavy atom. The lowest BCUT2D eigenvalue weighted by molar-refractivity contribution is -0.141. The topological polar surface area (TPSA) is 244 Å². The fourth-order valence-electron chi connectivity index (χ4n) is 15.4. The number of carbonyl (C=O) groups is 4. The van der Waals surface area contributed by atoms with Gasteiger partial charge in [0.15, 0.2) is 24.2 Å². The average molecular weight is 1340 g/mol. The van der Waals surface area contributed by atoms with Crippen LogP contribution in [-0.2, 0) is 30.2 Å². The molecule has 13 rings (SSSR count). The maximum absolute atomic E-state index is 17.9. The highest BCUT2D eigenvalue weighted by Gasteiger charge is 2.51. The summed E-state index contributed by atoms with van der Waals surface area (Å²) in [6.45, 7) is 19.1. The van der Waals surface area contributed by atoms with Crippen LogP contribution in [0, 0.1) is 18.7 Å². The molecule has 4 amide bonds. The number of β-amino-alcohol motifs (C(OH)–C–C–N with tert-alkyl or cyclic N) is 1. The van der Waals surface area contributed by atoms with Crippen LogP contribution in [0.5, 0.6) is 11.8 Å². The molecule has 96 heavy (non-hydrogen) atoms. The van der Waals surface area contributed by atoms with Crippen molar-refractivity contribution in [3.05, 3.63) is 101 Å². The number of carbonyl (C=O) groups excluding carboxylic acids is 4. The molecule has 3 unspecified atom stereocenters. The molecule has 25 heteroatoms. The van der Waals surface area contributed by atoms with E-state index in [1.54, 1.807) is 41.7 Å². The van der Waals surface area contributed by atoms with E-state index in [4.69, 9.17) is 43.2 Å². The van der Waals surface area contributed by atoms with E-state index in [1.165, 1.54) is 4.90 Å². The summed E-state index contributed by atoms with van der Waals surface area (Å²) in [5.74, 6) is -0.421. The Morgan fingerprint density at radius 3 is 2.38 bits per heavy atom. The first-order valence-electron chi connectivity index (χ1n) is 33.8. The summed E-state index contributed by atoms with van der Waals surface area (Å²) < 4.78 is 53.8. The molecule has 8 atom stereocenters. The van der Waals surface area contributed by atoms with E-state index >= 15 is 4.39 Å². The minimum absolute atomic E-state index is 0.00504. The summed E-state index contributed by atoms with van der Waals surface area (Å²) in [4.78, 5) is 87.8. The second-order valence-corrected chi connectivity index (χ2v) is 28.8. The fourth-order valence-corrected chi connectivity index (χ4v) is 16.2. The highest BCUT2D eigenvalue weighted by Crippen LogP contribution is 2.45. The number of amides is 4. The molecule has 0 saturated carbocycles. The molecule has 3 aromatic carbocycles. The number of rotatable bonds is 19. The molecule has 23 nitrogen and oxygen atoms in total. The van der Waals surface area contributed by atoms with Gasteiger partial charge < -0.3 is 58.2 Å². The van der Waals surface area contributed by atoms with Crippen molar-refractivity contribution in [1.29, 1.82) is 0 Å². The molecule has 0 aliphatic carbocycles. The van der Waals surface area contributed by atoms with Gasteiger partial charge in [0.2, 0.25) is 11.8 Å². The number of likely N-dealkylation sites (tertiary alicyclic amines) is 1. The van der Waals surface area contributed by atoms with E-state index in [1.807, 2.05) is 112 Å². The van der Waals surface area contributed by atoms with Gasteiger partial charge >= 0.3 is 18.2 Å². The number of aromatic nitrogens is 5. The van der Waals surface area contributed by atoms with Gasteiger partial charge in [-0.25, -0.2) is 19.0 Å². The van der Waals surface area contributed by atoms with Gasteiger partial charge in [-0.15, -0.1) is 11.3 Å². The molecule has 6 fully saturated rings. The minimum atomic E-state index is -0.877. The largest absolute Gasteiger partial charge is 0.468 e. The van der Waals surface area contributed by atoms with Gasteiger partial charge in [0, 0.05) is 83.2 Å². The highest BCUT2D eigenvalue weighted by atomic mass is 32.1. The molecular formula is C71H87FN12O11S. The minimum Gasteiger partial charge on any atom is -0.468 e. The lowest BCUT2D eigenvalue weighted by atomic mass is 9.91. The lowest BCUT2D eigenvalue weighted by Gasteiger charge is -2.42. The fraction of sp³-hybridized carbons (Fsp3) is 0.535. The van der Waals surface area contributed by atoms with Crippen molar-refractivity contribution in [1.82, 2.24) is 50.0 Å². The van der Waals surface area contributed by atoms with Gasteiger partial charge in [0.25, 0.3) is 0 Å². The number of piperazine rings is 2. The number of anilines is 2. The molecule has 6 saturated heterocycles. The number of nitrogens with one attached hydrogen (secondary N) is 1. The van der Waals surface area contributed by atoms with E-state index in [0.29, 0.717) is 79.8 Å². The Balaban J connectivity index is 0.658. The molecule has 510 valence electrons. The number of methoxy groups -OCH3 is 1. The number of fused-ring (bicyclic) bond motifs is 5. The van der Waals surface area contributed by atoms with Crippen LogP contribution in [-0.4, -0.2) is 195 Å². The molecule has 4 aromatic heterocycles. The molecule has 6 aliphatic rings. The van der Waals surface area contributed by atoms with Gasteiger partial charge in [-0.2, -0.15) is 9.97 Å². The van der Waals surface area contributed by atoms with E-state index in [-0.39, 0.29) is 98.2 Å². The van der Waals surface area contributed by atoms with Gasteiger partial charge in [0.05, 0.1) is 51.2 Å². The first-order chi connectivity index (χ1) is 46.2. The van der Waals surface area contributed by atoms with Crippen LogP contribution >= 0.6 is 11.3 Å². The number of halogens is 1. The summed E-state index contributed by atoms with van der Waals surface area (Å²) in [6, 6.07) is 17.9. The normalized spacial score (nSPS) is 22.7. The number of aliphatic hydroxyl groups excluding tert-OH is 1. The number of aryl methyl sites for hydroxylation is 2. The molecule has 0 spiro atoms. The molecule has 6 aliphatic heterocycles. The molecule has 2 bridgehead atoms. The number of nitrogens with zero attached hydrogens (tertiary/aromatic N) is 11. The number of hydrogen-bond acceptors (Lipinski definition) is 20. The second-order valence-electron chi connectivity index (χ2n) is 28.0. The third kappa shape index (κ3) is 13.2. The Labute approximate surface area is 562 Å². The van der Waals surface area contributed by atoms with Crippen molar-refractivity contribution < 1.29 is 56.9 Å². The third-order valence-corrected chi connectivity index (χ3v) is 21.2. The predicted octanol–water partition coefficient (Wildman–Crippen LogP) is 10.5. The Kier molecular flexibility index (Phi) is 18.9. The van der Waals surface area contributed by atoms with Crippen LogP contribution in [0.15, 0.2) is 76.9 Å². The van der Waals surface area contributed by atoms with Crippen LogP contribution in [0.4, 0.5) is 25.6 Å². The van der Waals surface area contributed by atoms with Crippen molar-refractivity contribution in [2.24, 2.45) is 5.92 Å². The SMILES string of the molecule is CCc1cccc2cc(OCOC)cc(-c3ncc4c(N5CC6CCC(C5)N6C(=O)OC(C)(C)C)nc(OCC56CCCN5[C@H](COC(=O)N5CCN(c7cc([C@H](C(=O)N8C[C@H](O)C[C@H]8C(=O)N[C@@H](C)c8ccc(-c9scnc9C)cc8)C(C)C)on7)CC5)CC6)nc4c3F)c12. The molecule has 7 aromatic rings. The number of hydrogen-bond donors (Lipinski definition) is 2. The maximum atomic E-state index is 17.9. The van der Waals surface area contributed by atoms with Crippen molar-refractivity contribution in [2.75, 3.05) is 89.3 Å². The number of benzene rings is 3. The summed E-state index contributed by atoms with van der Waals surface area (Å²) >= 11 is 1.58. The number of aliphatic hydroxyl groups is 1. The predicted molar refractivity (Wildman–Crippen MR) is 361 cm³/mol. The van der Waals surface area contributed by atoms with Gasteiger partial charge in [-0.1, -0.05) is 68.4 Å². The smallest absolute Gasteiger partial charge is 0.410 e. The van der Waals surface area contributed by atoms with Crippen molar-refractivity contribution in [3.63, 3.8) is 0 Å². The summed E-state index contributed by atoms with van der Waals surface area (Å²) in [6.07, 6.45) is 5.71. The molecular weight excluding hydrogens is 1250 g/mol. The third-order valence-electron chi connectivity index (χ3n) is 20.2. The number of pyridine rings is 1. The van der Waals surface area contributed by atoms with E-state index < -0.39 is 41.1 Å². The second kappa shape index (κ2) is 27.3. The molecule has 10 heterocycles. The lowest BCUT2D eigenvalue weighted by Crippen LogP contribution is -2.57. The number of thiazole rings is 1. The summed E-state index contributed by atoms with van der Waals surface area (Å²) in [5, 5.41) is 20.5. The van der Waals surface area contributed by atoms with E-state index in [2.05, 4.69) is 32.2 Å². The average Bonchev–Trinajstić information content (AvgIpc) is 1.09. The summed E-state index contributed by atoms with van der Waals surface area (Å²) in [5.41, 5.74) is 5.43. The monoisotopic (exact) mass is 1330 g/mol. The van der Waals surface area contributed by atoms with E-state index in [9.17, 15) is 24.3 Å². The Bertz CT molecular complexity index is 4010. The Hall–Kier alpha value is -8.26. The van der Waals surface area contributed by atoms with Crippen molar-refractivity contribution in [2.45, 2.75) is 160 Å². The number of ether oxygens (including phenoxy) is 5. The zero-order valence-corrected chi connectivity index (χ0v) is 57.0. The zero-order valence-electron chi connectivity index (χ0n) is 56.2. The van der Waals surface area contributed by atoms with Crippen LogP contribution in [0.2, 0.25) is 0 Å². The van der Waals surface area contributed by atoms with Crippen LogP contribution in [0.25, 0.3) is 43.4 Å². The first kappa shape index (κ1) is 66.4. The highest BCUT2D eigenvalue weighted by molar-refractivity contribution is 7.13. The van der Waals surface area contributed by atoms with Crippen molar-refractivity contribution in [3.8, 4) is 33.5 Å². The van der Waals surface area contributed by atoms with E-state index in [0.717, 1.165) is 83.1 Å². The zero-order chi connectivity index (χ0) is 67.3. The Morgan fingerprint density at radius 2 is 1.67 bits per heavy atom. The first-order valence-corrected chi connectivity index (χ1v) is 34.7. The standard InChI is InChI=1S/C71H87FN12O11S/c1-10-44-13-11-14-47-29-52(93-40-90-9)31-53(59(44)47)61-60(72)62-54(33-73-61)64(81-34-48-19-20-49(35-81)84(48)69(89)94-70(6,7)8)77-67(76-62)92-38-71-22-12-24-83(71)50(21-23-71)37-91-68(88)80-27-25-79(26-28-80)57-32-56(95-78-57)58(41(2)3)66(87)82-36-51(85)30-55(82)65(86)75-42(4)45-15-17-46(18-16-45)63-43(5)74-39-96-63/h11,13-18,29,31-33,39,41-42,48-51,55,58,85H,10,12,19-28,30,34-38,40H2,1-9H3,(H,75,86)/t42-,48?,49?,50-,51+,55-,58+,71?/m0/s1. The summed E-state index contributed by atoms with van der Waals surface area (Å²) in [7, 11) is 1.55. The molecule has 0 radical (unpaired) electrons. The van der Waals surface area contributed by atoms with Crippen molar-refractivity contribution >= 4 is 68.6 Å². The van der Waals surface area contributed by atoms with Crippen LogP contribution < -0.4 is 24.6 Å². The quantitative estimate of drug-likeness (QED) is 0.0715. The van der Waals surface area contributed by atoms with Gasteiger partial charge in [-0.3, -0.25) is 24.4 Å². The maximum Gasteiger partial charge on any atom is 0.410 e. The van der Waals surface area contributed by atoms with Crippen LogP contribution in [0.1, 0.15) is 128 Å². The van der Waals surface area contributed by atoms with Gasteiger partial charge in [0.1, 0.15) is 53.6 Å². The molecule has 2 N–H and O–H groups in total.